The molecule has 1 saturated heterocycles. The summed E-state index contributed by atoms with van der Waals surface area (Å²) in [6.07, 6.45) is 2.59. The number of nitrogens with zero attached hydrogens (tertiary/aromatic N) is 1. The highest BCUT2D eigenvalue weighted by molar-refractivity contribution is 6.33. The molecule has 5 heteroatoms. The molecule has 0 aliphatic carbocycles. The second kappa shape index (κ2) is 7.49. The number of hydrogen-bond donors (Lipinski definition) is 2. The number of anilines is 2. The zero-order valence-corrected chi connectivity index (χ0v) is 13.6. The molecule has 2 aromatic carbocycles. The maximum atomic E-state index is 12.0. The molecule has 0 atom stereocenters. The SMILES string of the molecule is O=C(Nc1ccc(CN2CCCC2)cc1)Nc1ccccc1Cl. The molecule has 2 amide bonds. The molecule has 2 aromatic rings. The molecule has 0 saturated carbocycles. The van der Waals surface area contributed by atoms with Gasteiger partial charge in [0.25, 0.3) is 0 Å². The minimum Gasteiger partial charge on any atom is -0.308 e. The van der Waals surface area contributed by atoms with Crippen LogP contribution in [0.25, 0.3) is 0 Å². The Bertz CT molecular complexity index is 666. The van der Waals surface area contributed by atoms with Crippen LogP contribution in [0, 0.1) is 0 Å². The molecular formula is C18H20ClN3O. The average molecular weight is 330 g/mol. The van der Waals surface area contributed by atoms with Gasteiger partial charge in [0, 0.05) is 12.2 Å². The summed E-state index contributed by atoms with van der Waals surface area (Å²) in [4.78, 5) is 14.5. The van der Waals surface area contributed by atoms with Crippen molar-refractivity contribution in [3.05, 3.63) is 59.1 Å². The molecule has 1 aliphatic rings. The number of hydrogen-bond acceptors (Lipinski definition) is 2. The van der Waals surface area contributed by atoms with Crippen molar-refractivity contribution in [1.29, 1.82) is 0 Å². The van der Waals surface area contributed by atoms with E-state index in [0.29, 0.717) is 10.7 Å². The van der Waals surface area contributed by atoms with Gasteiger partial charge in [-0.2, -0.15) is 0 Å². The first-order chi connectivity index (χ1) is 11.2. The first kappa shape index (κ1) is 15.8. The standard InChI is InChI=1S/C18H20ClN3O/c19-16-5-1-2-6-17(16)21-18(23)20-15-9-7-14(8-10-15)13-22-11-3-4-12-22/h1-2,5-10H,3-4,11-13H2,(H2,20,21,23). The molecule has 120 valence electrons. The lowest BCUT2D eigenvalue weighted by atomic mass is 10.2. The number of likely N-dealkylation sites (tertiary alicyclic amines) is 1. The Balaban J connectivity index is 1.55. The summed E-state index contributed by atoms with van der Waals surface area (Å²) >= 11 is 6.03. The Morgan fingerprint density at radius 2 is 1.70 bits per heavy atom. The monoisotopic (exact) mass is 329 g/mol. The lowest BCUT2D eigenvalue weighted by molar-refractivity contribution is 0.262. The van der Waals surface area contributed by atoms with Crippen LogP contribution in [-0.2, 0) is 6.54 Å². The van der Waals surface area contributed by atoms with E-state index >= 15 is 0 Å². The number of carbonyl (C=O) groups excluding carboxylic acids is 1. The molecule has 4 nitrogen and oxygen atoms in total. The predicted molar refractivity (Wildman–Crippen MR) is 95.0 cm³/mol. The van der Waals surface area contributed by atoms with E-state index in [9.17, 15) is 4.79 Å². The molecular weight excluding hydrogens is 310 g/mol. The van der Waals surface area contributed by atoms with E-state index in [2.05, 4.69) is 27.7 Å². The van der Waals surface area contributed by atoms with Crippen molar-refractivity contribution in [2.24, 2.45) is 0 Å². The molecule has 0 spiro atoms. The zero-order chi connectivity index (χ0) is 16.1. The molecule has 2 N–H and O–H groups in total. The van der Waals surface area contributed by atoms with Gasteiger partial charge in [0.05, 0.1) is 10.7 Å². The zero-order valence-electron chi connectivity index (χ0n) is 12.9. The largest absolute Gasteiger partial charge is 0.323 e. The third-order valence-electron chi connectivity index (χ3n) is 3.94. The number of benzene rings is 2. The van der Waals surface area contributed by atoms with Crippen molar-refractivity contribution in [1.82, 2.24) is 4.90 Å². The van der Waals surface area contributed by atoms with Gasteiger partial charge in [-0.05, 0) is 55.8 Å². The van der Waals surface area contributed by atoms with Crippen molar-refractivity contribution in [3.8, 4) is 0 Å². The van der Waals surface area contributed by atoms with E-state index in [1.54, 1.807) is 12.1 Å². The Morgan fingerprint density at radius 1 is 1.00 bits per heavy atom. The Labute approximate surface area is 141 Å². The lowest BCUT2D eigenvalue weighted by Gasteiger charge is -2.15. The fourth-order valence-corrected chi connectivity index (χ4v) is 2.92. The van der Waals surface area contributed by atoms with Gasteiger partial charge in [0.1, 0.15) is 0 Å². The van der Waals surface area contributed by atoms with Gasteiger partial charge in [0.2, 0.25) is 0 Å². The van der Waals surface area contributed by atoms with Crippen LogP contribution in [-0.4, -0.2) is 24.0 Å². The fourth-order valence-electron chi connectivity index (χ4n) is 2.74. The number of amides is 2. The predicted octanol–water partition coefficient (Wildman–Crippen LogP) is 4.58. The van der Waals surface area contributed by atoms with E-state index < -0.39 is 0 Å². The smallest absolute Gasteiger partial charge is 0.308 e. The molecule has 0 bridgehead atoms. The number of para-hydroxylation sites is 1. The number of rotatable bonds is 4. The van der Waals surface area contributed by atoms with Crippen molar-refractivity contribution in [2.75, 3.05) is 23.7 Å². The highest BCUT2D eigenvalue weighted by atomic mass is 35.5. The van der Waals surface area contributed by atoms with Crippen LogP contribution in [0.15, 0.2) is 48.5 Å². The van der Waals surface area contributed by atoms with Gasteiger partial charge < -0.3 is 10.6 Å². The maximum absolute atomic E-state index is 12.0. The summed E-state index contributed by atoms with van der Waals surface area (Å²) in [5.41, 5.74) is 2.63. The summed E-state index contributed by atoms with van der Waals surface area (Å²) in [7, 11) is 0. The molecule has 1 aliphatic heterocycles. The van der Waals surface area contributed by atoms with Crippen LogP contribution in [0.2, 0.25) is 5.02 Å². The second-order valence-corrected chi connectivity index (χ2v) is 6.15. The number of carbonyl (C=O) groups is 1. The van der Waals surface area contributed by atoms with E-state index in [1.165, 1.54) is 31.5 Å². The molecule has 23 heavy (non-hydrogen) atoms. The molecule has 0 aromatic heterocycles. The van der Waals surface area contributed by atoms with Crippen molar-refractivity contribution >= 4 is 29.0 Å². The normalized spacial score (nSPS) is 14.7. The van der Waals surface area contributed by atoms with Crippen LogP contribution >= 0.6 is 11.6 Å². The maximum Gasteiger partial charge on any atom is 0.323 e. The van der Waals surface area contributed by atoms with Crippen molar-refractivity contribution in [2.45, 2.75) is 19.4 Å². The van der Waals surface area contributed by atoms with E-state index in [1.807, 2.05) is 24.3 Å². The molecule has 0 unspecified atom stereocenters. The average Bonchev–Trinajstić information content (AvgIpc) is 3.04. The minimum absolute atomic E-state index is 0.301. The molecule has 1 heterocycles. The second-order valence-electron chi connectivity index (χ2n) is 5.74. The Morgan fingerprint density at radius 3 is 2.39 bits per heavy atom. The minimum atomic E-state index is -0.301. The van der Waals surface area contributed by atoms with E-state index in [4.69, 9.17) is 11.6 Å². The van der Waals surface area contributed by atoms with Crippen LogP contribution < -0.4 is 10.6 Å². The fraction of sp³-hybridized carbons (Fsp3) is 0.278. The Kier molecular flexibility index (Phi) is 5.16. The molecule has 0 radical (unpaired) electrons. The number of nitrogens with one attached hydrogen (secondary N) is 2. The summed E-state index contributed by atoms with van der Waals surface area (Å²) in [5.74, 6) is 0. The topological polar surface area (TPSA) is 44.4 Å². The summed E-state index contributed by atoms with van der Waals surface area (Å²) in [6, 6.07) is 14.8. The van der Waals surface area contributed by atoms with E-state index in [0.717, 1.165) is 12.2 Å². The van der Waals surface area contributed by atoms with E-state index in [-0.39, 0.29) is 6.03 Å². The third-order valence-corrected chi connectivity index (χ3v) is 4.27. The summed E-state index contributed by atoms with van der Waals surface area (Å²) in [6.45, 7) is 3.34. The molecule has 3 rings (SSSR count). The van der Waals surface area contributed by atoms with Gasteiger partial charge in [-0.3, -0.25) is 4.90 Å². The first-order valence-electron chi connectivity index (χ1n) is 7.84. The van der Waals surface area contributed by atoms with Gasteiger partial charge in [-0.15, -0.1) is 0 Å². The third kappa shape index (κ3) is 4.47. The highest BCUT2D eigenvalue weighted by Gasteiger charge is 2.11. The first-order valence-corrected chi connectivity index (χ1v) is 8.22. The lowest BCUT2D eigenvalue weighted by Crippen LogP contribution is -2.20. The van der Waals surface area contributed by atoms with Crippen LogP contribution in [0.4, 0.5) is 16.2 Å². The van der Waals surface area contributed by atoms with Gasteiger partial charge in [-0.1, -0.05) is 35.9 Å². The highest BCUT2D eigenvalue weighted by Crippen LogP contribution is 2.21. The quantitative estimate of drug-likeness (QED) is 0.862. The van der Waals surface area contributed by atoms with Gasteiger partial charge >= 0.3 is 6.03 Å². The number of halogens is 1. The van der Waals surface area contributed by atoms with Gasteiger partial charge in [-0.25, -0.2) is 4.79 Å². The summed E-state index contributed by atoms with van der Waals surface area (Å²) in [5, 5.41) is 6.08. The van der Waals surface area contributed by atoms with Crippen molar-refractivity contribution in [3.63, 3.8) is 0 Å². The van der Waals surface area contributed by atoms with Crippen molar-refractivity contribution < 1.29 is 4.79 Å². The number of urea groups is 1. The van der Waals surface area contributed by atoms with Crippen LogP contribution in [0.5, 0.6) is 0 Å². The van der Waals surface area contributed by atoms with Crippen LogP contribution in [0.3, 0.4) is 0 Å². The molecule has 1 fully saturated rings. The van der Waals surface area contributed by atoms with Gasteiger partial charge in [0.15, 0.2) is 0 Å². The van der Waals surface area contributed by atoms with Crippen LogP contribution in [0.1, 0.15) is 18.4 Å². The summed E-state index contributed by atoms with van der Waals surface area (Å²) < 4.78 is 0. The Hall–Kier alpha value is -2.04.